The zero-order valence-electron chi connectivity index (χ0n) is 9.88. The normalized spacial score (nSPS) is 18.6. The van der Waals surface area contributed by atoms with E-state index in [4.69, 9.17) is 12.2 Å². The summed E-state index contributed by atoms with van der Waals surface area (Å²) in [5.74, 6) is 0. The Balaban J connectivity index is 1.95. The molecule has 0 bridgehead atoms. The Labute approximate surface area is 115 Å². The van der Waals surface area contributed by atoms with E-state index >= 15 is 0 Å². The molecule has 5 heteroatoms. The Kier molecular flexibility index (Phi) is 2.93. The fraction of sp³-hybridized carbons (Fsp3) is 0.154. The Morgan fingerprint density at radius 1 is 1.17 bits per heavy atom. The van der Waals surface area contributed by atoms with Gasteiger partial charge in [-0.25, -0.2) is 0 Å². The molecule has 1 aliphatic heterocycles. The number of anilines is 1. The Morgan fingerprint density at radius 3 is 2.61 bits per heavy atom. The number of hydrogen-bond acceptors (Lipinski definition) is 3. The first-order valence-corrected chi connectivity index (χ1v) is 6.94. The molecule has 18 heavy (non-hydrogen) atoms. The number of nitrogens with zero attached hydrogens (tertiary/aromatic N) is 1. The number of aryl methyl sites for hydroxylation is 1. The molecule has 1 fully saturated rings. The highest BCUT2D eigenvalue weighted by molar-refractivity contribution is 7.80. The van der Waals surface area contributed by atoms with Gasteiger partial charge in [-0.05, 0) is 43.4 Å². The van der Waals surface area contributed by atoms with E-state index in [1.807, 2.05) is 18.2 Å². The van der Waals surface area contributed by atoms with E-state index in [1.165, 1.54) is 9.75 Å². The molecule has 0 saturated carbocycles. The van der Waals surface area contributed by atoms with Crippen molar-refractivity contribution in [1.29, 1.82) is 0 Å². The molecule has 2 N–H and O–H groups in total. The number of thiocarbonyl (C=S) groups is 1. The lowest BCUT2D eigenvalue weighted by Gasteiger charge is -2.23. The van der Waals surface area contributed by atoms with E-state index in [-0.39, 0.29) is 6.17 Å². The molecule has 1 aromatic carbocycles. The van der Waals surface area contributed by atoms with Crippen molar-refractivity contribution in [2.24, 2.45) is 0 Å². The van der Waals surface area contributed by atoms with Crippen molar-refractivity contribution in [3.05, 3.63) is 52.2 Å². The summed E-state index contributed by atoms with van der Waals surface area (Å²) in [5, 5.41) is 6.01. The van der Waals surface area contributed by atoms with Gasteiger partial charge in [0, 0.05) is 9.75 Å². The molecule has 2 heterocycles. The third-order valence-corrected chi connectivity index (χ3v) is 4.08. The molecule has 0 radical (unpaired) electrons. The molecule has 0 amide bonds. The van der Waals surface area contributed by atoms with E-state index in [0.717, 1.165) is 5.69 Å². The van der Waals surface area contributed by atoms with E-state index in [0.29, 0.717) is 5.11 Å². The zero-order chi connectivity index (χ0) is 12.5. The quantitative estimate of drug-likeness (QED) is 0.824. The highest BCUT2D eigenvalue weighted by Gasteiger charge is 2.29. The average molecular weight is 275 g/mol. The fourth-order valence-corrected chi connectivity index (χ4v) is 3.13. The minimum atomic E-state index is 0.0681. The third kappa shape index (κ3) is 2.07. The number of hydrogen-bond donors (Lipinski definition) is 2. The van der Waals surface area contributed by atoms with Crippen LogP contribution in [0.15, 0.2) is 42.5 Å². The molecule has 1 atom stereocenters. The highest BCUT2D eigenvalue weighted by Crippen LogP contribution is 2.30. The minimum Gasteiger partial charge on any atom is -0.335 e. The van der Waals surface area contributed by atoms with Crippen LogP contribution in [0, 0.1) is 6.92 Å². The number of nitrogens with one attached hydrogen (secondary N) is 2. The van der Waals surface area contributed by atoms with Gasteiger partial charge < -0.3 is 5.32 Å². The van der Waals surface area contributed by atoms with Crippen LogP contribution in [0.25, 0.3) is 0 Å². The highest BCUT2D eigenvalue weighted by atomic mass is 32.1. The first-order chi connectivity index (χ1) is 8.74. The van der Waals surface area contributed by atoms with Crippen molar-refractivity contribution in [3.63, 3.8) is 0 Å². The van der Waals surface area contributed by atoms with Gasteiger partial charge in [0.1, 0.15) is 0 Å². The molecule has 1 aromatic heterocycles. The van der Waals surface area contributed by atoms with Gasteiger partial charge in [0.2, 0.25) is 0 Å². The maximum atomic E-state index is 5.22. The van der Waals surface area contributed by atoms with E-state index in [9.17, 15) is 0 Å². The van der Waals surface area contributed by atoms with Gasteiger partial charge in [0.15, 0.2) is 11.3 Å². The molecule has 3 rings (SSSR count). The molecule has 0 spiro atoms. The van der Waals surface area contributed by atoms with Crippen LogP contribution in [-0.4, -0.2) is 5.11 Å². The molecule has 3 nitrogen and oxygen atoms in total. The molecular formula is C13H13N3S2. The van der Waals surface area contributed by atoms with Crippen molar-refractivity contribution >= 4 is 34.4 Å². The summed E-state index contributed by atoms with van der Waals surface area (Å²) in [5.41, 5.74) is 4.29. The summed E-state index contributed by atoms with van der Waals surface area (Å²) in [6.07, 6.45) is 0.0681. The van der Waals surface area contributed by atoms with Gasteiger partial charge in [-0.2, -0.15) is 0 Å². The van der Waals surface area contributed by atoms with Crippen molar-refractivity contribution < 1.29 is 0 Å². The maximum absolute atomic E-state index is 5.22. The van der Waals surface area contributed by atoms with Crippen LogP contribution >= 0.6 is 23.6 Å². The zero-order valence-corrected chi connectivity index (χ0v) is 11.5. The summed E-state index contributed by atoms with van der Waals surface area (Å²) in [4.78, 5) is 2.56. The van der Waals surface area contributed by atoms with Gasteiger partial charge in [0.05, 0.1) is 5.69 Å². The lowest BCUT2D eigenvalue weighted by molar-refractivity contribution is 0.654. The van der Waals surface area contributed by atoms with Crippen molar-refractivity contribution in [2.75, 3.05) is 5.01 Å². The van der Waals surface area contributed by atoms with Gasteiger partial charge in [0.25, 0.3) is 0 Å². The van der Waals surface area contributed by atoms with Crippen LogP contribution in [0.5, 0.6) is 0 Å². The van der Waals surface area contributed by atoms with Gasteiger partial charge in [-0.3, -0.25) is 10.4 Å². The van der Waals surface area contributed by atoms with Gasteiger partial charge >= 0.3 is 0 Å². The lowest BCUT2D eigenvalue weighted by atomic mass is 10.3. The van der Waals surface area contributed by atoms with Crippen LogP contribution in [0.4, 0.5) is 5.69 Å². The fourth-order valence-electron chi connectivity index (χ4n) is 2.00. The van der Waals surface area contributed by atoms with Gasteiger partial charge in [-0.1, -0.05) is 18.2 Å². The molecule has 0 aliphatic carbocycles. The molecule has 92 valence electrons. The lowest BCUT2D eigenvalue weighted by Crippen LogP contribution is -2.33. The second-order valence-corrected chi connectivity index (χ2v) is 5.87. The smallest absolute Gasteiger partial charge is 0.187 e. The number of thiophene rings is 1. The Morgan fingerprint density at radius 2 is 1.94 bits per heavy atom. The molecule has 0 unspecified atom stereocenters. The number of para-hydroxylation sites is 1. The summed E-state index contributed by atoms with van der Waals surface area (Å²) < 4.78 is 0. The molecule has 2 aromatic rings. The second-order valence-electron chi connectivity index (χ2n) is 4.14. The van der Waals surface area contributed by atoms with Crippen molar-refractivity contribution in [3.8, 4) is 0 Å². The number of hydrazine groups is 1. The van der Waals surface area contributed by atoms with Crippen LogP contribution in [0.3, 0.4) is 0 Å². The number of rotatable bonds is 2. The predicted octanol–water partition coefficient (Wildman–Crippen LogP) is 2.95. The first-order valence-electron chi connectivity index (χ1n) is 5.72. The summed E-state index contributed by atoms with van der Waals surface area (Å²) in [6.45, 7) is 2.11. The van der Waals surface area contributed by atoms with E-state index in [2.05, 4.69) is 46.9 Å². The molecular weight excluding hydrogens is 262 g/mol. The monoisotopic (exact) mass is 275 g/mol. The van der Waals surface area contributed by atoms with Crippen LogP contribution in [0.2, 0.25) is 0 Å². The first kappa shape index (κ1) is 11.5. The van der Waals surface area contributed by atoms with E-state index < -0.39 is 0 Å². The minimum absolute atomic E-state index is 0.0681. The summed E-state index contributed by atoms with van der Waals surface area (Å²) in [7, 11) is 0. The second kappa shape index (κ2) is 4.59. The molecule has 1 aliphatic rings. The standard InChI is InChI=1S/C13H13N3S2/c1-9-7-8-11(18-9)12-14-13(17)15-16(12)10-5-3-2-4-6-10/h2-8,12H,1H3,(H2,14,15,17)/t12-/m0/s1. The maximum Gasteiger partial charge on any atom is 0.187 e. The van der Waals surface area contributed by atoms with E-state index in [1.54, 1.807) is 11.3 Å². The molecule has 1 saturated heterocycles. The summed E-state index contributed by atoms with van der Waals surface area (Å²) >= 11 is 7.00. The Bertz CT molecular complexity index is 565. The van der Waals surface area contributed by atoms with Crippen molar-refractivity contribution in [1.82, 2.24) is 10.7 Å². The average Bonchev–Trinajstić information content (AvgIpc) is 2.96. The van der Waals surface area contributed by atoms with Gasteiger partial charge in [-0.15, -0.1) is 11.3 Å². The largest absolute Gasteiger partial charge is 0.335 e. The summed E-state index contributed by atoms with van der Waals surface area (Å²) in [6, 6.07) is 14.5. The van der Waals surface area contributed by atoms with Crippen LogP contribution < -0.4 is 15.8 Å². The predicted molar refractivity (Wildman–Crippen MR) is 79.6 cm³/mol. The topological polar surface area (TPSA) is 27.3 Å². The van der Waals surface area contributed by atoms with Crippen LogP contribution in [0.1, 0.15) is 15.9 Å². The number of benzene rings is 1. The van der Waals surface area contributed by atoms with Crippen molar-refractivity contribution in [2.45, 2.75) is 13.1 Å². The SMILES string of the molecule is Cc1ccc([C@H]2NC(=S)NN2c2ccccc2)s1. The third-order valence-electron chi connectivity index (χ3n) is 2.81. The Hall–Kier alpha value is -1.59. The van der Waals surface area contributed by atoms with Crippen LogP contribution in [-0.2, 0) is 0 Å².